The fourth-order valence-corrected chi connectivity index (χ4v) is 3.30. The van der Waals surface area contributed by atoms with Crippen molar-refractivity contribution in [3.05, 3.63) is 24.3 Å². The van der Waals surface area contributed by atoms with Gasteiger partial charge in [0.15, 0.2) is 0 Å². The zero-order valence-electron chi connectivity index (χ0n) is 14.1. The number of piperidine rings is 1. The molecular formula is C16H23N3O5S. The average molecular weight is 369 g/mol. The van der Waals surface area contributed by atoms with Crippen LogP contribution in [0, 0.1) is 5.92 Å². The van der Waals surface area contributed by atoms with E-state index in [2.05, 4.69) is 5.32 Å². The molecule has 0 saturated carbocycles. The van der Waals surface area contributed by atoms with Crippen LogP contribution in [-0.2, 0) is 24.3 Å². The highest BCUT2D eigenvalue weighted by Crippen LogP contribution is 2.18. The highest BCUT2D eigenvalue weighted by atomic mass is 32.2. The van der Waals surface area contributed by atoms with Gasteiger partial charge in [0.2, 0.25) is 15.9 Å². The Kier molecular flexibility index (Phi) is 6.51. The van der Waals surface area contributed by atoms with E-state index in [1.807, 2.05) is 4.90 Å². The summed E-state index contributed by atoms with van der Waals surface area (Å²) >= 11 is 0. The maximum atomic E-state index is 12.2. The summed E-state index contributed by atoms with van der Waals surface area (Å²) in [6.07, 6.45) is 1.60. The van der Waals surface area contributed by atoms with E-state index in [0.717, 1.165) is 19.4 Å². The molecule has 138 valence electrons. The molecule has 3 N–H and O–H groups in total. The Morgan fingerprint density at radius 1 is 1.32 bits per heavy atom. The minimum atomic E-state index is -3.75. The minimum Gasteiger partial charge on any atom is -0.466 e. The summed E-state index contributed by atoms with van der Waals surface area (Å²) in [4.78, 5) is 25.9. The molecule has 0 aromatic heterocycles. The molecule has 1 heterocycles. The van der Waals surface area contributed by atoms with Gasteiger partial charge in [0.25, 0.3) is 0 Å². The van der Waals surface area contributed by atoms with Gasteiger partial charge < -0.3 is 10.1 Å². The van der Waals surface area contributed by atoms with Gasteiger partial charge >= 0.3 is 5.97 Å². The molecule has 2 rings (SSSR count). The molecule has 25 heavy (non-hydrogen) atoms. The zero-order chi connectivity index (χ0) is 18.4. The van der Waals surface area contributed by atoms with Gasteiger partial charge in [-0.25, -0.2) is 13.6 Å². The summed E-state index contributed by atoms with van der Waals surface area (Å²) in [5.74, 6) is -0.644. The number of anilines is 1. The van der Waals surface area contributed by atoms with Crippen LogP contribution >= 0.6 is 0 Å². The Morgan fingerprint density at radius 2 is 2.00 bits per heavy atom. The molecule has 0 bridgehead atoms. The Morgan fingerprint density at radius 3 is 2.60 bits per heavy atom. The van der Waals surface area contributed by atoms with Crippen molar-refractivity contribution in [3.63, 3.8) is 0 Å². The monoisotopic (exact) mass is 369 g/mol. The van der Waals surface area contributed by atoms with E-state index >= 15 is 0 Å². The summed E-state index contributed by atoms with van der Waals surface area (Å²) in [5, 5.41) is 7.74. The smallest absolute Gasteiger partial charge is 0.310 e. The van der Waals surface area contributed by atoms with E-state index in [-0.39, 0.29) is 29.2 Å². The number of rotatable bonds is 6. The van der Waals surface area contributed by atoms with Gasteiger partial charge in [-0.05, 0) is 50.6 Å². The molecule has 1 aromatic carbocycles. The number of benzene rings is 1. The summed E-state index contributed by atoms with van der Waals surface area (Å²) in [6, 6.07) is 5.63. The molecule has 1 unspecified atom stereocenters. The first-order chi connectivity index (χ1) is 11.8. The first-order valence-corrected chi connectivity index (χ1v) is 9.66. The number of carbonyl (C=O) groups excluding carboxylic acids is 2. The predicted octanol–water partition coefficient (Wildman–Crippen LogP) is 0.548. The van der Waals surface area contributed by atoms with Crippen LogP contribution in [0.2, 0.25) is 0 Å². The Labute approximate surface area is 147 Å². The van der Waals surface area contributed by atoms with Crippen molar-refractivity contribution in [2.75, 3.05) is 31.6 Å². The number of amides is 1. The summed E-state index contributed by atoms with van der Waals surface area (Å²) in [6.45, 7) is 3.52. The number of hydrogen-bond acceptors (Lipinski definition) is 6. The lowest BCUT2D eigenvalue weighted by Crippen LogP contribution is -2.43. The maximum Gasteiger partial charge on any atom is 0.310 e. The van der Waals surface area contributed by atoms with Crippen molar-refractivity contribution < 1.29 is 22.7 Å². The van der Waals surface area contributed by atoms with Gasteiger partial charge in [0.1, 0.15) is 0 Å². The molecular weight excluding hydrogens is 346 g/mol. The molecule has 1 aliphatic rings. The second-order valence-corrected chi connectivity index (χ2v) is 7.51. The zero-order valence-corrected chi connectivity index (χ0v) is 14.9. The van der Waals surface area contributed by atoms with Crippen molar-refractivity contribution in [3.8, 4) is 0 Å². The highest BCUT2D eigenvalue weighted by Gasteiger charge is 2.27. The third kappa shape index (κ3) is 5.80. The largest absolute Gasteiger partial charge is 0.466 e. The fraction of sp³-hybridized carbons (Fsp3) is 0.500. The third-order valence-corrected chi connectivity index (χ3v) is 4.89. The third-order valence-electron chi connectivity index (χ3n) is 3.96. The van der Waals surface area contributed by atoms with Crippen LogP contribution in [0.1, 0.15) is 19.8 Å². The molecule has 1 saturated heterocycles. The quantitative estimate of drug-likeness (QED) is 0.707. The number of hydrogen-bond donors (Lipinski definition) is 2. The predicted molar refractivity (Wildman–Crippen MR) is 92.2 cm³/mol. The topological polar surface area (TPSA) is 119 Å². The number of primary sulfonamides is 1. The Hall–Kier alpha value is -1.97. The number of carbonyl (C=O) groups is 2. The van der Waals surface area contributed by atoms with Crippen LogP contribution in [-0.4, -0.2) is 51.4 Å². The van der Waals surface area contributed by atoms with Crippen molar-refractivity contribution in [2.45, 2.75) is 24.7 Å². The van der Waals surface area contributed by atoms with Crippen molar-refractivity contribution in [1.29, 1.82) is 0 Å². The van der Waals surface area contributed by atoms with Crippen molar-refractivity contribution in [2.24, 2.45) is 11.1 Å². The molecule has 1 aromatic rings. The first-order valence-electron chi connectivity index (χ1n) is 8.11. The molecule has 1 atom stereocenters. The van der Waals surface area contributed by atoms with Gasteiger partial charge in [-0.2, -0.15) is 0 Å². The van der Waals surface area contributed by atoms with Crippen molar-refractivity contribution >= 4 is 27.6 Å². The van der Waals surface area contributed by atoms with E-state index in [0.29, 0.717) is 18.8 Å². The molecule has 0 spiro atoms. The summed E-state index contributed by atoms with van der Waals surface area (Å²) < 4.78 is 27.5. The first kappa shape index (κ1) is 19.4. The molecule has 9 heteroatoms. The van der Waals surface area contributed by atoms with Crippen LogP contribution in [0.3, 0.4) is 0 Å². The molecule has 8 nitrogen and oxygen atoms in total. The molecule has 1 fully saturated rings. The Balaban J connectivity index is 1.88. The van der Waals surface area contributed by atoms with Crippen LogP contribution in [0.25, 0.3) is 0 Å². The van der Waals surface area contributed by atoms with Gasteiger partial charge in [-0.3, -0.25) is 14.5 Å². The number of nitrogens with zero attached hydrogens (tertiary/aromatic N) is 1. The number of nitrogens with two attached hydrogens (primary N) is 1. The molecule has 0 aliphatic carbocycles. The van der Waals surface area contributed by atoms with E-state index in [9.17, 15) is 18.0 Å². The standard InChI is InChI=1S/C16H23N3O5S/c1-2-24-16(21)12-4-3-9-19(10-12)11-15(20)18-13-5-7-14(8-6-13)25(17,22)23/h5-8,12H,2-4,9-11H2,1H3,(H,18,20)(H2,17,22,23). The lowest BCUT2D eigenvalue weighted by atomic mass is 9.98. The normalized spacial score (nSPS) is 18.6. The Bertz CT molecular complexity index is 718. The lowest BCUT2D eigenvalue weighted by Gasteiger charge is -2.30. The van der Waals surface area contributed by atoms with Crippen LogP contribution in [0.5, 0.6) is 0 Å². The number of sulfonamides is 1. The second-order valence-electron chi connectivity index (χ2n) is 5.94. The van der Waals surface area contributed by atoms with Crippen LogP contribution in [0.4, 0.5) is 5.69 Å². The summed E-state index contributed by atoms with van der Waals surface area (Å²) in [7, 11) is -3.75. The SMILES string of the molecule is CCOC(=O)C1CCCN(CC(=O)Nc2ccc(S(N)(=O)=O)cc2)C1. The van der Waals surface area contributed by atoms with Gasteiger partial charge in [0, 0.05) is 12.2 Å². The van der Waals surface area contributed by atoms with E-state index in [1.165, 1.54) is 24.3 Å². The van der Waals surface area contributed by atoms with Gasteiger partial charge in [-0.1, -0.05) is 0 Å². The highest BCUT2D eigenvalue weighted by molar-refractivity contribution is 7.89. The maximum absolute atomic E-state index is 12.2. The van der Waals surface area contributed by atoms with Crippen molar-refractivity contribution in [1.82, 2.24) is 4.90 Å². The number of ether oxygens (including phenoxy) is 1. The van der Waals surface area contributed by atoms with E-state index in [4.69, 9.17) is 9.88 Å². The summed E-state index contributed by atoms with van der Waals surface area (Å²) in [5.41, 5.74) is 0.483. The average Bonchev–Trinajstić information content (AvgIpc) is 2.55. The molecule has 0 radical (unpaired) electrons. The number of likely N-dealkylation sites (tertiary alicyclic amines) is 1. The van der Waals surface area contributed by atoms with Crippen LogP contribution in [0.15, 0.2) is 29.2 Å². The van der Waals surface area contributed by atoms with E-state index < -0.39 is 10.0 Å². The number of nitrogens with one attached hydrogen (secondary N) is 1. The second kappa shape index (κ2) is 8.41. The molecule has 1 aliphatic heterocycles. The van der Waals surface area contributed by atoms with E-state index in [1.54, 1.807) is 6.92 Å². The van der Waals surface area contributed by atoms with Gasteiger partial charge in [0.05, 0.1) is 24.0 Å². The number of esters is 1. The van der Waals surface area contributed by atoms with Gasteiger partial charge in [-0.15, -0.1) is 0 Å². The minimum absolute atomic E-state index is 0.0150. The molecule has 1 amide bonds. The lowest BCUT2D eigenvalue weighted by molar-refractivity contribution is -0.150. The fourth-order valence-electron chi connectivity index (χ4n) is 2.78. The van der Waals surface area contributed by atoms with Crippen LogP contribution < -0.4 is 10.5 Å².